The third-order valence-corrected chi connectivity index (χ3v) is 4.07. The average Bonchev–Trinajstić information content (AvgIpc) is 2.95. The van der Waals surface area contributed by atoms with E-state index in [1.165, 1.54) is 6.42 Å². The summed E-state index contributed by atoms with van der Waals surface area (Å²) < 4.78 is 10.7. The predicted molar refractivity (Wildman–Crippen MR) is 83.1 cm³/mol. The second kappa shape index (κ2) is 7.03. The molecule has 1 aromatic rings. The minimum Gasteiger partial charge on any atom is -0.454 e. The van der Waals surface area contributed by atoms with E-state index in [9.17, 15) is 4.79 Å². The predicted octanol–water partition coefficient (Wildman–Crippen LogP) is 3.03. The third-order valence-electron chi connectivity index (χ3n) is 4.07. The fraction of sp³-hybridized carbons (Fsp3) is 0.562. The number of amides is 1. The van der Waals surface area contributed by atoms with Crippen LogP contribution in [-0.2, 0) is 11.2 Å². The maximum Gasteiger partial charge on any atom is 0.231 e. The molecule has 0 aromatic heterocycles. The van der Waals surface area contributed by atoms with E-state index in [1.54, 1.807) is 0 Å². The molecule has 0 saturated carbocycles. The largest absolute Gasteiger partial charge is 0.454 e. The lowest BCUT2D eigenvalue weighted by molar-refractivity contribution is -0.135. The van der Waals surface area contributed by atoms with Crippen molar-refractivity contribution in [2.75, 3.05) is 19.9 Å². The first-order chi connectivity index (χ1) is 9.74. The molecule has 21 heavy (non-hydrogen) atoms. The highest BCUT2D eigenvalue weighted by atomic mass is 35.5. The molecule has 0 bridgehead atoms. The molecule has 0 spiro atoms. The van der Waals surface area contributed by atoms with Crippen LogP contribution in [0, 0.1) is 5.92 Å². The number of carbonyl (C=O) groups excluding carboxylic acids is 1. The maximum absolute atomic E-state index is 12.4. The van der Waals surface area contributed by atoms with Crippen LogP contribution in [0.25, 0.3) is 0 Å². The average molecular weight is 312 g/mol. The summed E-state index contributed by atoms with van der Waals surface area (Å²) in [5.74, 6) is 1.89. The van der Waals surface area contributed by atoms with Crippen molar-refractivity contribution in [2.45, 2.75) is 32.6 Å². The van der Waals surface area contributed by atoms with Crippen LogP contribution in [0.3, 0.4) is 0 Å². The molecule has 0 radical (unpaired) electrons. The highest BCUT2D eigenvalue weighted by Crippen LogP contribution is 2.33. The summed E-state index contributed by atoms with van der Waals surface area (Å²) in [6.45, 7) is 4.15. The van der Waals surface area contributed by atoms with E-state index in [-0.39, 0.29) is 24.2 Å². The Kier molecular flexibility index (Phi) is 5.34. The summed E-state index contributed by atoms with van der Waals surface area (Å²) in [6, 6.07) is 5.94. The fourth-order valence-electron chi connectivity index (χ4n) is 2.93. The van der Waals surface area contributed by atoms with Gasteiger partial charge in [0.25, 0.3) is 0 Å². The molecule has 3 rings (SSSR count). The van der Waals surface area contributed by atoms with Gasteiger partial charge in [0.05, 0.1) is 0 Å². The lowest BCUT2D eigenvalue weighted by Gasteiger charge is -2.29. The number of benzene rings is 1. The topological polar surface area (TPSA) is 38.8 Å². The van der Waals surface area contributed by atoms with Crippen LogP contribution in [0.5, 0.6) is 11.5 Å². The molecule has 116 valence electrons. The number of rotatable bonds is 3. The van der Waals surface area contributed by atoms with E-state index < -0.39 is 0 Å². The molecule has 2 aliphatic heterocycles. The molecule has 1 saturated heterocycles. The van der Waals surface area contributed by atoms with Gasteiger partial charge >= 0.3 is 0 Å². The number of ether oxygens (including phenoxy) is 2. The summed E-state index contributed by atoms with van der Waals surface area (Å²) in [5.41, 5.74) is 1.13. The lowest BCUT2D eigenvalue weighted by atomic mass is 9.98. The quantitative estimate of drug-likeness (QED) is 0.861. The molecule has 1 fully saturated rings. The minimum atomic E-state index is 0. The van der Waals surface area contributed by atoms with Gasteiger partial charge in [-0.3, -0.25) is 4.79 Å². The number of fused-ring (bicyclic) bond motifs is 1. The van der Waals surface area contributed by atoms with E-state index in [0.29, 0.717) is 6.79 Å². The molecule has 1 atom stereocenters. The van der Waals surface area contributed by atoms with Gasteiger partial charge < -0.3 is 14.4 Å². The van der Waals surface area contributed by atoms with Crippen LogP contribution in [0.1, 0.15) is 31.7 Å². The Morgan fingerprint density at radius 2 is 1.90 bits per heavy atom. The zero-order chi connectivity index (χ0) is 13.9. The number of halogens is 1. The monoisotopic (exact) mass is 311 g/mol. The van der Waals surface area contributed by atoms with Crippen LogP contribution >= 0.6 is 12.4 Å². The van der Waals surface area contributed by atoms with Gasteiger partial charge in [0, 0.05) is 19.0 Å². The van der Waals surface area contributed by atoms with Crippen molar-refractivity contribution < 1.29 is 14.3 Å². The highest BCUT2D eigenvalue weighted by Gasteiger charge is 2.23. The summed E-state index contributed by atoms with van der Waals surface area (Å²) in [5, 5.41) is 0. The normalized spacial score (nSPS) is 18.0. The highest BCUT2D eigenvalue weighted by molar-refractivity contribution is 5.85. The van der Waals surface area contributed by atoms with Gasteiger partial charge in [0.15, 0.2) is 11.5 Å². The van der Waals surface area contributed by atoms with E-state index in [1.807, 2.05) is 30.0 Å². The Balaban J connectivity index is 0.00000161. The third kappa shape index (κ3) is 3.62. The number of hydrogen-bond donors (Lipinski definition) is 0. The van der Waals surface area contributed by atoms with Crippen LogP contribution in [0.2, 0.25) is 0 Å². The Labute approximate surface area is 131 Å². The van der Waals surface area contributed by atoms with Crippen molar-refractivity contribution >= 4 is 18.3 Å². The molecule has 2 aliphatic rings. The second-order valence-electron chi connectivity index (χ2n) is 5.68. The van der Waals surface area contributed by atoms with E-state index >= 15 is 0 Å². The number of carbonyl (C=O) groups is 1. The van der Waals surface area contributed by atoms with Gasteiger partial charge in [0.1, 0.15) is 0 Å². The van der Waals surface area contributed by atoms with E-state index in [4.69, 9.17) is 9.47 Å². The number of nitrogens with zero attached hydrogens (tertiary/aromatic N) is 1. The standard InChI is InChI=1S/C16H21NO3.ClH/c1-12(16(18)17-7-3-2-4-8-17)9-13-5-6-14-15(10-13)20-11-19-14;/h5-6,10,12H,2-4,7-9,11H2,1H3;1H. The van der Waals surface area contributed by atoms with Crippen molar-refractivity contribution in [3.8, 4) is 11.5 Å². The van der Waals surface area contributed by atoms with Crippen LogP contribution in [-0.4, -0.2) is 30.7 Å². The smallest absolute Gasteiger partial charge is 0.231 e. The molecular formula is C16H22ClNO3. The minimum absolute atomic E-state index is 0. The molecule has 0 aliphatic carbocycles. The Morgan fingerprint density at radius 1 is 1.19 bits per heavy atom. The first-order valence-corrected chi connectivity index (χ1v) is 7.41. The Morgan fingerprint density at radius 3 is 2.67 bits per heavy atom. The number of hydrogen-bond acceptors (Lipinski definition) is 3. The fourth-order valence-corrected chi connectivity index (χ4v) is 2.93. The van der Waals surface area contributed by atoms with Crippen molar-refractivity contribution in [1.82, 2.24) is 4.90 Å². The molecule has 1 amide bonds. The number of likely N-dealkylation sites (tertiary alicyclic amines) is 1. The molecule has 1 aromatic carbocycles. The van der Waals surface area contributed by atoms with Gasteiger partial charge in [0.2, 0.25) is 12.7 Å². The molecule has 1 unspecified atom stereocenters. The van der Waals surface area contributed by atoms with Gasteiger partial charge in [-0.2, -0.15) is 0 Å². The summed E-state index contributed by atoms with van der Waals surface area (Å²) in [4.78, 5) is 14.4. The van der Waals surface area contributed by atoms with Crippen LogP contribution < -0.4 is 9.47 Å². The molecule has 2 heterocycles. The Hall–Kier alpha value is -1.42. The lowest BCUT2D eigenvalue weighted by Crippen LogP contribution is -2.39. The molecule has 4 nitrogen and oxygen atoms in total. The molecule has 5 heteroatoms. The van der Waals surface area contributed by atoms with Crippen molar-refractivity contribution in [1.29, 1.82) is 0 Å². The Bertz CT molecular complexity index is 500. The van der Waals surface area contributed by atoms with Crippen molar-refractivity contribution in [2.24, 2.45) is 5.92 Å². The SMILES string of the molecule is CC(Cc1ccc2c(c1)OCO2)C(=O)N1CCCCC1.Cl. The zero-order valence-corrected chi connectivity index (χ0v) is 13.2. The first kappa shape index (κ1) is 16.0. The molecular weight excluding hydrogens is 290 g/mol. The van der Waals surface area contributed by atoms with Crippen molar-refractivity contribution in [3.05, 3.63) is 23.8 Å². The second-order valence-corrected chi connectivity index (χ2v) is 5.68. The van der Waals surface area contributed by atoms with Crippen LogP contribution in [0.4, 0.5) is 0 Å². The van der Waals surface area contributed by atoms with Gasteiger partial charge in [-0.1, -0.05) is 13.0 Å². The summed E-state index contributed by atoms with van der Waals surface area (Å²) in [6.07, 6.45) is 4.29. The summed E-state index contributed by atoms with van der Waals surface area (Å²) in [7, 11) is 0. The maximum atomic E-state index is 12.4. The molecule has 0 N–H and O–H groups in total. The number of piperidine rings is 1. The first-order valence-electron chi connectivity index (χ1n) is 7.41. The van der Waals surface area contributed by atoms with E-state index in [0.717, 1.165) is 49.4 Å². The van der Waals surface area contributed by atoms with Gasteiger partial charge in [-0.05, 0) is 43.4 Å². The van der Waals surface area contributed by atoms with Gasteiger partial charge in [-0.25, -0.2) is 0 Å². The zero-order valence-electron chi connectivity index (χ0n) is 12.3. The van der Waals surface area contributed by atoms with Crippen LogP contribution in [0.15, 0.2) is 18.2 Å². The van der Waals surface area contributed by atoms with Gasteiger partial charge in [-0.15, -0.1) is 12.4 Å². The summed E-state index contributed by atoms with van der Waals surface area (Å²) >= 11 is 0. The van der Waals surface area contributed by atoms with Crippen molar-refractivity contribution in [3.63, 3.8) is 0 Å². The van der Waals surface area contributed by atoms with E-state index in [2.05, 4.69) is 0 Å².